The van der Waals surface area contributed by atoms with Gasteiger partial charge in [-0.3, -0.25) is 37.3 Å². The molecule has 17 nitrogen and oxygen atoms in total. The molecule has 0 saturated heterocycles. The Balaban J connectivity index is 5.20. The average molecular weight is 1450 g/mol. The molecule has 0 rings (SSSR count). The highest BCUT2D eigenvalue weighted by Gasteiger charge is 2.30. The molecule has 0 radical (unpaired) electrons. The molecule has 588 valence electrons. The molecule has 3 N–H and O–H groups in total. The summed E-state index contributed by atoms with van der Waals surface area (Å²) >= 11 is 0. The molecule has 19 heteroatoms. The number of phosphoric acid groups is 2. The maximum Gasteiger partial charge on any atom is 0.472 e. The van der Waals surface area contributed by atoms with Crippen molar-refractivity contribution in [3.05, 3.63) is 0 Å². The van der Waals surface area contributed by atoms with Crippen LogP contribution >= 0.6 is 15.6 Å². The molecule has 0 aromatic carbocycles. The predicted molar refractivity (Wildman–Crippen MR) is 405 cm³/mol. The van der Waals surface area contributed by atoms with Gasteiger partial charge < -0.3 is 33.8 Å². The third-order valence-corrected chi connectivity index (χ3v) is 20.7. The molecule has 0 fully saturated rings. The van der Waals surface area contributed by atoms with E-state index in [2.05, 4.69) is 34.6 Å². The van der Waals surface area contributed by atoms with Crippen LogP contribution in [0.1, 0.15) is 426 Å². The number of ether oxygens (including phenoxy) is 4. The first-order chi connectivity index (χ1) is 48.0. The smallest absolute Gasteiger partial charge is 0.462 e. The zero-order chi connectivity index (χ0) is 72.7. The van der Waals surface area contributed by atoms with Gasteiger partial charge >= 0.3 is 39.5 Å². The monoisotopic (exact) mass is 1450 g/mol. The van der Waals surface area contributed by atoms with Crippen molar-refractivity contribution >= 4 is 39.5 Å². The maximum atomic E-state index is 13.1. The Morgan fingerprint density at radius 3 is 0.687 bits per heavy atom. The van der Waals surface area contributed by atoms with E-state index < -0.39 is 97.5 Å². The summed E-state index contributed by atoms with van der Waals surface area (Å²) in [6, 6.07) is 0. The molecule has 0 aliphatic heterocycles. The standard InChI is InChI=1S/C80H156O17P2/c1-6-9-12-15-18-21-23-25-27-28-29-30-33-38-42-46-51-56-61-66-80(85)97-76(70-91-78(83)64-59-54-49-44-40-37-34-31-32-35-39-43-47-52-57-62-73(4)5)72-95-99(88,89)93-68-74(81)67-92-98(86,87)94-71-75(69-90-77(82)63-58-53-48-20-17-14-11-8-3)96-79(84)65-60-55-50-45-41-36-26-24-22-19-16-13-10-7-2/h73-76,81H,6-72H2,1-5H3,(H,86,87)(H,88,89)/t74-,75+,76+/m0/s1. The second-order valence-electron chi connectivity index (χ2n) is 29.3. The average Bonchev–Trinajstić information content (AvgIpc) is 1.26. The number of rotatable bonds is 80. The van der Waals surface area contributed by atoms with Gasteiger partial charge in [-0.15, -0.1) is 0 Å². The fourth-order valence-electron chi connectivity index (χ4n) is 12.4. The molecule has 2 unspecified atom stereocenters. The molecule has 0 spiro atoms. The fraction of sp³-hybridized carbons (Fsp3) is 0.950. The van der Waals surface area contributed by atoms with E-state index in [0.29, 0.717) is 25.7 Å². The lowest BCUT2D eigenvalue weighted by Gasteiger charge is -2.21. The Labute approximate surface area is 607 Å². The second kappa shape index (κ2) is 73.0. The number of phosphoric ester groups is 2. The van der Waals surface area contributed by atoms with Crippen LogP contribution < -0.4 is 0 Å². The Kier molecular flexibility index (Phi) is 71.6. The van der Waals surface area contributed by atoms with Crippen LogP contribution in [0.2, 0.25) is 0 Å². The quantitative estimate of drug-likeness (QED) is 0.0222. The van der Waals surface area contributed by atoms with Gasteiger partial charge in [0.1, 0.15) is 19.3 Å². The van der Waals surface area contributed by atoms with Crippen LogP contribution in [0.4, 0.5) is 0 Å². The lowest BCUT2D eigenvalue weighted by atomic mass is 10.0. The minimum absolute atomic E-state index is 0.108. The van der Waals surface area contributed by atoms with E-state index in [4.69, 9.17) is 37.0 Å². The summed E-state index contributed by atoms with van der Waals surface area (Å²) in [5.41, 5.74) is 0. The van der Waals surface area contributed by atoms with Gasteiger partial charge in [0.2, 0.25) is 0 Å². The van der Waals surface area contributed by atoms with E-state index in [1.807, 2.05) is 0 Å². The topological polar surface area (TPSA) is 237 Å². The SMILES string of the molecule is CCCCCCCCCCCCCCCCCCCCCC(=O)O[C@H](COC(=O)CCCCCCCCCCCCCCCCCC(C)C)COP(=O)(O)OC[C@@H](O)COP(=O)(O)OC[C@@H](COC(=O)CCCCCCCCCC)OC(=O)CCCCCCCCCCCCCCCC. The maximum absolute atomic E-state index is 13.1. The van der Waals surface area contributed by atoms with E-state index in [-0.39, 0.29) is 25.7 Å². The number of hydrogen-bond donors (Lipinski definition) is 3. The van der Waals surface area contributed by atoms with E-state index >= 15 is 0 Å². The lowest BCUT2D eigenvalue weighted by Crippen LogP contribution is -2.30. The minimum atomic E-state index is -4.96. The fourth-order valence-corrected chi connectivity index (χ4v) is 14.0. The van der Waals surface area contributed by atoms with E-state index in [1.54, 1.807) is 0 Å². The Morgan fingerprint density at radius 1 is 0.273 bits per heavy atom. The number of aliphatic hydroxyl groups excluding tert-OH is 1. The van der Waals surface area contributed by atoms with Gasteiger partial charge in [0, 0.05) is 25.7 Å². The third kappa shape index (κ3) is 74.1. The Bertz CT molecular complexity index is 1890. The zero-order valence-corrected chi connectivity index (χ0v) is 66.4. The molecule has 0 amide bonds. The van der Waals surface area contributed by atoms with Crippen LogP contribution in [-0.2, 0) is 65.4 Å². The van der Waals surface area contributed by atoms with Crippen LogP contribution in [-0.4, -0.2) is 96.7 Å². The van der Waals surface area contributed by atoms with Crippen molar-refractivity contribution in [3.63, 3.8) is 0 Å². The second-order valence-corrected chi connectivity index (χ2v) is 32.2. The third-order valence-electron chi connectivity index (χ3n) is 18.8. The molecular formula is C80H156O17P2. The first-order valence-corrected chi connectivity index (χ1v) is 44.6. The molecule has 0 aliphatic carbocycles. The predicted octanol–water partition coefficient (Wildman–Crippen LogP) is 24.0. The zero-order valence-electron chi connectivity index (χ0n) is 64.6. The van der Waals surface area contributed by atoms with Crippen LogP contribution in [0, 0.1) is 5.92 Å². The first kappa shape index (κ1) is 97.1. The van der Waals surface area contributed by atoms with Crippen molar-refractivity contribution < 1.29 is 80.2 Å². The van der Waals surface area contributed by atoms with Crippen molar-refractivity contribution in [1.29, 1.82) is 0 Å². The minimum Gasteiger partial charge on any atom is -0.462 e. The molecule has 0 aromatic heterocycles. The number of aliphatic hydroxyl groups is 1. The lowest BCUT2D eigenvalue weighted by molar-refractivity contribution is -0.161. The summed E-state index contributed by atoms with van der Waals surface area (Å²) in [5.74, 6) is -1.30. The molecule has 0 aromatic rings. The molecule has 0 saturated carbocycles. The molecule has 0 heterocycles. The number of carbonyl (C=O) groups excluding carboxylic acids is 4. The summed E-state index contributed by atoms with van der Waals surface area (Å²) in [5, 5.41) is 10.6. The van der Waals surface area contributed by atoms with Crippen molar-refractivity contribution in [3.8, 4) is 0 Å². The summed E-state index contributed by atoms with van der Waals surface area (Å²) in [4.78, 5) is 72.9. The van der Waals surface area contributed by atoms with Gasteiger partial charge in [0.15, 0.2) is 12.2 Å². The normalized spacial score (nSPS) is 13.9. The highest BCUT2D eigenvalue weighted by Crippen LogP contribution is 2.45. The largest absolute Gasteiger partial charge is 0.472 e. The molecule has 0 bridgehead atoms. The molecule has 99 heavy (non-hydrogen) atoms. The van der Waals surface area contributed by atoms with Gasteiger partial charge in [-0.1, -0.05) is 375 Å². The van der Waals surface area contributed by atoms with E-state index in [0.717, 1.165) is 102 Å². The summed E-state index contributed by atoms with van der Waals surface area (Å²) in [7, 11) is -9.91. The van der Waals surface area contributed by atoms with Gasteiger partial charge in [0.25, 0.3) is 0 Å². The van der Waals surface area contributed by atoms with E-state index in [1.165, 1.54) is 244 Å². The number of unbranched alkanes of at least 4 members (excludes halogenated alkanes) is 52. The Hall–Kier alpha value is -1.94. The number of hydrogen-bond acceptors (Lipinski definition) is 15. The van der Waals surface area contributed by atoms with Gasteiger partial charge in [-0.2, -0.15) is 0 Å². The summed E-state index contributed by atoms with van der Waals surface area (Å²) in [6.45, 7) is 7.33. The van der Waals surface area contributed by atoms with Crippen molar-refractivity contribution in [2.24, 2.45) is 5.92 Å². The van der Waals surface area contributed by atoms with Crippen molar-refractivity contribution in [2.45, 2.75) is 445 Å². The molecule has 0 aliphatic rings. The van der Waals surface area contributed by atoms with Gasteiger partial charge in [0.05, 0.1) is 26.4 Å². The Morgan fingerprint density at radius 2 is 0.465 bits per heavy atom. The van der Waals surface area contributed by atoms with Crippen LogP contribution in [0.5, 0.6) is 0 Å². The first-order valence-electron chi connectivity index (χ1n) is 41.6. The highest BCUT2D eigenvalue weighted by molar-refractivity contribution is 7.47. The number of carbonyl (C=O) groups is 4. The molecular weight excluding hydrogens is 1290 g/mol. The van der Waals surface area contributed by atoms with Crippen molar-refractivity contribution in [1.82, 2.24) is 0 Å². The van der Waals surface area contributed by atoms with Gasteiger partial charge in [-0.25, -0.2) is 9.13 Å². The van der Waals surface area contributed by atoms with Gasteiger partial charge in [-0.05, 0) is 31.6 Å². The number of esters is 4. The summed E-state index contributed by atoms with van der Waals surface area (Å²) in [6.07, 6.45) is 63.9. The van der Waals surface area contributed by atoms with E-state index in [9.17, 15) is 43.2 Å². The van der Waals surface area contributed by atoms with Crippen LogP contribution in [0.3, 0.4) is 0 Å². The van der Waals surface area contributed by atoms with Crippen molar-refractivity contribution in [2.75, 3.05) is 39.6 Å². The van der Waals surface area contributed by atoms with Crippen LogP contribution in [0.25, 0.3) is 0 Å². The summed E-state index contributed by atoms with van der Waals surface area (Å²) < 4.78 is 68.6. The molecule has 5 atom stereocenters. The highest BCUT2D eigenvalue weighted by atomic mass is 31.2. The van der Waals surface area contributed by atoms with Crippen LogP contribution in [0.15, 0.2) is 0 Å².